The lowest BCUT2D eigenvalue weighted by atomic mass is 10.1. The number of H-pyrrole nitrogens is 1. The number of benzene rings is 2. The molecule has 0 spiro atoms. The standard InChI is InChI=1S/C18H15N3O3/c1-23-12-5-3-11(4-6-12)21-18(22)15-10-19-16-8-7-13(24-2)9-14(16)17(15)20-21/h3-10,19H,1-2H3. The Morgan fingerprint density at radius 2 is 1.71 bits per heavy atom. The van der Waals surface area contributed by atoms with E-state index in [1.54, 1.807) is 44.7 Å². The number of aromatic amines is 1. The van der Waals surface area contributed by atoms with Crippen molar-refractivity contribution < 1.29 is 9.47 Å². The van der Waals surface area contributed by atoms with Gasteiger partial charge in [-0.1, -0.05) is 0 Å². The molecule has 0 fully saturated rings. The van der Waals surface area contributed by atoms with Crippen molar-refractivity contribution in [2.75, 3.05) is 14.2 Å². The Balaban J connectivity index is 1.96. The molecular formula is C18H15N3O3. The maximum Gasteiger partial charge on any atom is 0.282 e. The third-order valence-corrected chi connectivity index (χ3v) is 4.05. The fraction of sp³-hybridized carbons (Fsp3) is 0.111. The van der Waals surface area contributed by atoms with Crippen LogP contribution in [0.25, 0.3) is 27.8 Å². The second-order valence-corrected chi connectivity index (χ2v) is 5.38. The second-order valence-electron chi connectivity index (χ2n) is 5.38. The molecule has 2 aromatic rings. The minimum atomic E-state index is -0.170. The van der Waals surface area contributed by atoms with Gasteiger partial charge in [0.2, 0.25) is 0 Å². The number of ether oxygens (including phenoxy) is 2. The molecule has 0 atom stereocenters. The molecule has 0 aliphatic carbocycles. The summed E-state index contributed by atoms with van der Waals surface area (Å²) in [7, 11) is 3.21. The molecule has 0 unspecified atom stereocenters. The summed E-state index contributed by atoms with van der Waals surface area (Å²) in [6.45, 7) is 0. The van der Waals surface area contributed by atoms with Crippen molar-refractivity contribution in [2.45, 2.75) is 0 Å². The molecule has 2 aliphatic rings. The Hall–Kier alpha value is -3.28. The maximum atomic E-state index is 12.7. The van der Waals surface area contributed by atoms with Gasteiger partial charge in [0.1, 0.15) is 17.2 Å². The number of rotatable bonds is 3. The maximum absolute atomic E-state index is 12.7. The van der Waals surface area contributed by atoms with Gasteiger partial charge in [-0.05, 0) is 42.5 Å². The third kappa shape index (κ3) is 2.11. The molecule has 2 aliphatic heterocycles. The zero-order chi connectivity index (χ0) is 16.7. The number of nitrogens with zero attached hydrogens (tertiary/aromatic N) is 2. The first-order valence-corrected chi connectivity index (χ1v) is 7.44. The van der Waals surface area contributed by atoms with Gasteiger partial charge in [0.05, 0.1) is 25.5 Å². The normalized spacial score (nSPS) is 11.1. The number of fused-ring (bicyclic) bond motifs is 3. The highest BCUT2D eigenvalue weighted by molar-refractivity contribution is 5.94. The number of hydrogen-bond acceptors (Lipinski definition) is 4. The molecule has 0 radical (unpaired) electrons. The van der Waals surface area contributed by atoms with E-state index in [1.165, 1.54) is 4.68 Å². The van der Waals surface area contributed by atoms with Crippen LogP contribution in [0.15, 0.2) is 53.5 Å². The number of pyridine rings is 1. The lowest BCUT2D eigenvalue weighted by Crippen LogP contribution is -2.14. The van der Waals surface area contributed by atoms with Crippen LogP contribution in [-0.2, 0) is 0 Å². The molecule has 6 nitrogen and oxygen atoms in total. The van der Waals surface area contributed by atoms with Crippen molar-refractivity contribution in [2.24, 2.45) is 0 Å². The molecule has 24 heavy (non-hydrogen) atoms. The monoisotopic (exact) mass is 321 g/mol. The summed E-state index contributed by atoms with van der Waals surface area (Å²) in [6.07, 6.45) is 1.69. The summed E-state index contributed by atoms with van der Waals surface area (Å²) in [5.74, 6) is 1.45. The highest BCUT2D eigenvalue weighted by Gasteiger charge is 2.19. The topological polar surface area (TPSA) is 69.1 Å². The van der Waals surface area contributed by atoms with Crippen LogP contribution in [0.2, 0.25) is 0 Å². The van der Waals surface area contributed by atoms with E-state index in [4.69, 9.17) is 9.47 Å². The van der Waals surface area contributed by atoms with Crippen molar-refractivity contribution in [1.29, 1.82) is 0 Å². The first kappa shape index (κ1) is 14.3. The molecule has 4 rings (SSSR count). The molecule has 6 heteroatoms. The van der Waals surface area contributed by atoms with Gasteiger partial charge >= 0.3 is 0 Å². The number of nitrogens with one attached hydrogen (secondary N) is 1. The summed E-state index contributed by atoms with van der Waals surface area (Å²) in [5.41, 5.74) is 2.59. The van der Waals surface area contributed by atoms with Crippen molar-refractivity contribution in [1.82, 2.24) is 14.8 Å². The molecular weight excluding hydrogens is 306 g/mol. The first-order chi connectivity index (χ1) is 11.7. The summed E-state index contributed by atoms with van der Waals surface area (Å²) in [4.78, 5) is 15.8. The van der Waals surface area contributed by atoms with Gasteiger partial charge in [0.15, 0.2) is 0 Å². The number of methoxy groups -OCH3 is 2. The van der Waals surface area contributed by atoms with Crippen LogP contribution < -0.4 is 15.0 Å². The minimum absolute atomic E-state index is 0.170. The van der Waals surface area contributed by atoms with Crippen molar-refractivity contribution in [3.8, 4) is 28.4 Å². The zero-order valence-electron chi connectivity index (χ0n) is 13.2. The Morgan fingerprint density at radius 1 is 1.00 bits per heavy atom. The molecule has 0 bridgehead atoms. The lowest BCUT2D eigenvalue weighted by molar-refractivity contribution is 0.414. The molecule has 2 aromatic carbocycles. The molecule has 120 valence electrons. The molecule has 0 amide bonds. The van der Waals surface area contributed by atoms with Gasteiger partial charge in [0, 0.05) is 17.1 Å². The van der Waals surface area contributed by atoms with Gasteiger partial charge in [-0.25, -0.2) is 0 Å². The Bertz CT molecular complexity index is 1050. The average Bonchev–Trinajstić information content (AvgIpc) is 2.98. The minimum Gasteiger partial charge on any atom is -0.497 e. The van der Waals surface area contributed by atoms with Gasteiger partial charge < -0.3 is 14.5 Å². The van der Waals surface area contributed by atoms with Gasteiger partial charge in [-0.3, -0.25) is 4.79 Å². The van der Waals surface area contributed by atoms with Crippen LogP contribution >= 0.6 is 0 Å². The fourth-order valence-electron chi connectivity index (χ4n) is 2.76. The zero-order valence-corrected chi connectivity index (χ0v) is 13.2. The summed E-state index contributed by atoms with van der Waals surface area (Å²) < 4.78 is 11.8. The first-order valence-electron chi connectivity index (χ1n) is 7.44. The second kappa shape index (κ2) is 5.42. The largest absolute Gasteiger partial charge is 0.497 e. The highest BCUT2D eigenvalue weighted by atomic mass is 16.5. The average molecular weight is 321 g/mol. The molecule has 0 saturated carbocycles. The van der Waals surface area contributed by atoms with Crippen LogP contribution in [0.1, 0.15) is 0 Å². The van der Waals surface area contributed by atoms with Crippen LogP contribution in [0.4, 0.5) is 0 Å². The third-order valence-electron chi connectivity index (χ3n) is 4.05. The molecule has 1 N–H and O–H groups in total. The van der Waals surface area contributed by atoms with Crippen molar-refractivity contribution in [3.63, 3.8) is 0 Å². The van der Waals surface area contributed by atoms with Crippen LogP contribution in [0.5, 0.6) is 11.5 Å². The number of aromatic nitrogens is 3. The van der Waals surface area contributed by atoms with Crippen LogP contribution in [0.3, 0.4) is 0 Å². The van der Waals surface area contributed by atoms with Crippen molar-refractivity contribution >= 4 is 10.9 Å². The van der Waals surface area contributed by atoms with Crippen LogP contribution in [0, 0.1) is 0 Å². The fourth-order valence-corrected chi connectivity index (χ4v) is 2.76. The number of hydrogen-bond donors (Lipinski definition) is 1. The van der Waals surface area contributed by atoms with E-state index in [9.17, 15) is 4.79 Å². The summed E-state index contributed by atoms with van der Waals surface area (Å²) in [6, 6.07) is 12.9. The van der Waals surface area contributed by atoms with Crippen molar-refractivity contribution in [3.05, 3.63) is 59.0 Å². The van der Waals surface area contributed by atoms with E-state index < -0.39 is 0 Å². The smallest absolute Gasteiger partial charge is 0.282 e. The molecule has 0 aromatic heterocycles. The van der Waals surface area contributed by atoms with Crippen LogP contribution in [-0.4, -0.2) is 29.0 Å². The SMILES string of the molecule is COc1ccc(-n2nc3c4cc(OC)ccc4[nH]cc-3c2=O)cc1. The highest BCUT2D eigenvalue weighted by Crippen LogP contribution is 2.29. The quantitative estimate of drug-likeness (QED) is 0.630. The Kier molecular flexibility index (Phi) is 3.23. The van der Waals surface area contributed by atoms with E-state index >= 15 is 0 Å². The van der Waals surface area contributed by atoms with E-state index in [-0.39, 0.29) is 5.56 Å². The predicted molar refractivity (Wildman–Crippen MR) is 91.4 cm³/mol. The summed E-state index contributed by atoms with van der Waals surface area (Å²) in [5, 5.41) is 5.37. The molecule has 2 heterocycles. The predicted octanol–water partition coefficient (Wildman–Crippen LogP) is 2.84. The molecule has 0 saturated heterocycles. The summed E-state index contributed by atoms with van der Waals surface area (Å²) >= 11 is 0. The van der Waals surface area contributed by atoms with E-state index in [2.05, 4.69) is 10.1 Å². The van der Waals surface area contributed by atoms with E-state index in [1.807, 2.05) is 18.2 Å². The Morgan fingerprint density at radius 3 is 2.42 bits per heavy atom. The Labute approximate surface area is 137 Å². The van der Waals surface area contributed by atoms with Gasteiger partial charge in [-0.15, -0.1) is 0 Å². The van der Waals surface area contributed by atoms with Gasteiger partial charge in [-0.2, -0.15) is 9.78 Å². The van der Waals surface area contributed by atoms with Gasteiger partial charge in [0.25, 0.3) is 5.56 Å². The lowest BCUT2D eigenvalue weighted by Gasteiger charge is -2.05. The van der Waals surface area contributed by atoms with E-state index in [0.717, 1.165) is 22.4 Å². The van der Waals surface area contributed by atoms with E-state index in [0.29, 0.717) is 16.9 Å².